The molecule has 25 heavy (non-hydrogen) atoms. The van der Waals surface area contributed by atoms with E-state index in [1.807, 2.05) is 42.5 Å². The zero-order valence-electron chi connectivity index (χ0n) is 13.9. The van der Waals surface area contributed by atoms with Gasteiger partial charge in [-0.25, -0.2) is 0 Å². The lowest BCUT2D eigenvalue weighted by molar-refractivity contribution is 0.301. The summed E-state index contributed by atoms with van der Waals surface area (Å²) in [4.78, 5) is 8.92. The van der Waals surface area contributed by atoms with Crippen LogP contribution in [0.2, 0.25) is 0 Å². The average molecular weight is 330 g/mol. The summed E-state index contributed by atoms with van der Waals surface area (Å²) in [6.45, 7) is 0. The van der Waals surface area contributed by atoms with Crippen molar-refractivity contribution >= 4 is 11.4 Å². The molecule has 1 N–H and O–H groups in total. The first-order chi connectivity index (χ1) is 12.3. The number of aromatic nitrogens is 2. The van der Waals surface area contributed by atoms with Crippen LogP contribution in [0.5, 0.6) is 0 Å². The van der Waals surface area contributed by atoms with Crippen molar-refractivity contribution in [2.24, 2.45) is 10.5 Å². The average Bonchev–Trinajstić information content (AvgIpc) is 2.70. The number of hydrogen-bond donors (Lipinski definition) is 1. The van der Waals surface area contributed by atoms with Gasteiger partial charge >= 0.3 is 0 Å². The Hall–Kier alpha value is -3.21. The fourth-order valence-corrected chi connectivity index (χ4v) is 3.10. The second kappa shape index (κ2) is 6.36. The van der Waals surface area contributed by atoms with Gasteiger partial charge in [-0.1, -0.05) is 18.2 Å². The van der Waals surface area contributed by atoms with Crippen molar-refractivity contribution in [3.8, 4) is 0 Å². The minimum atomic E-state index is -0.380. The molecule has 0 fully saturated rings. The molecule has 0 aromatic carbocycles. The molecule has 1 aliphatic carbocycles. The maximum absolute atomic E-state index is 5.35. The highest BCUT2D eigenvalue weighted by atomic mass is 16.5. The van der Waals surface area contributed by atoms with Crippen molar-refractivity contribution in [3.05, 3.63) is 90.2 Å². The highest BCUT2D eigenvalue weighted by Crippen LogP contribution is 2.39. The third-order valence-electron chi connectivity index (χ3n) is 4.40. The fourth-order valence-electron chi connectivity index (χ4n) is 3.10. The minimum Gasteiger partial charge on any atom is -0.497 e. The van der Waals surface area contributed by atoms with Crippen molar-refractivity contribution in [3.63, 3.8) is 0 Å². The number of nitrogens with zero attached hydrogens (tertiary/aromatic N) is 3. The maximum atomic E-state index is 5.35. The van der Waals surface area contributed by atoms with E-state index in [4.69, 9.17) is 4.74 Å². The first kappa shape index (κ1) is 15.3. The van der Waals surface area contributed by atoms with Gasteiger partial charge in [-0.05, 0) is 48.9 Å². The molecule has 124 valence electrons. The van der Waals surface area contributed by atoms with Gasteiger partial charge in [-0.3, -0.25) is 15.4 Å². The Labute approximate surface area is 146 Å². The predicted molar refractivity (Wildman–Crippen MR) is 97.4 cm³/mol. The molecule has 5 heteroatoms. The molecule has 2 aromatic heterocycles. The summed E-state index contributed by atoms with van der Waals surface area (Å²) in [6.07, 6.45) is 12.7. The van der Waals surface area contributed by atoms with Crippen LogP contribution in [0.3, 0.4) is 0 Å². The van der Waals surface area contributed by atoms with Crippen molar-refractivity contribution < 1.29 is 4.74 Å². The third kappa shape index (κ3) is 2.85. The highest BCUT2D eigenvalue weighted by molar-refractivity contribution is 6.07. The van der Waals surface area contributed by atoms with E-state index in [0.29, 0.717) is 0 Å². The predicted octanol–water partition coefficient (Wildman–Crippen LogP) is 3.30. The SMILES string of the molecule is COC1=CC[C@@]2(C=C1)C=C(c1ccccn1)NN=C2c1ccccn1. The number of allylic oxidation sites excluding steroid dienone is 4. The summed E-state index contributed by atoms with van der Waals surface area (Å²) in [5.41, 5.74) is 6.25. The van der Waals surface area contributed by atoms with Crippen LogP contribution in [-0.4, -0.2) is 22.8 Å². The summed E-state index contributed by atoms with van der Waals surface area (Å²) < 4.78 is 5.35. The standard InChI is InChI=1S/C20H18N4O/c1-25-15-8-10-20(11-9-15)14-18(16-6-2-4-12-21-16)23-24-19(20)17-7-3-5-13-22-17/h2-10,12-14,23H,11H2,1H3/t20-/m0/s1. The van der Waals surface area contributed by atoms with Gasteiger partial charge in [0.05, 0.1) is 29.6 Å². The molecule has 2 aromatic rings. The van der Waals surface area contributed by atoms with Crippen molar-refractivity contribution in [2.45, 2.75) is 6.42 Å². The summed E-state index contributed by atoms with van der Waals surface area (Å²) in [6, 6.07) is 11.7. The normalized spacial score (nSPS) is 21.9. The van der Waals surface area contributed by atoms with Crippen LogP contribution in [-0.2, 0) is 4.74 Å². The molecule has 1 aliphatic heterocycles. The van der Waals surface area contributed by atoms with Crippen LogP contribution in [0.15, 0.2) is 84.0 Å². The van der Waals surface area contributed by atoms with Crippen LogP contribution in [0.1, 0.15) is 17.8 Å². The topological polar surface area (TPSA) is 59.4 Å². The molecule has 4 rings (SSSR count). The van der Waals surface area contributed by atoms with Gasteiger partial charge in [0.25, 0.3) is 0 Å². The lowest BCUT2D eigenvalue weighted by atomic mass is 9.74. The summed E-state index contributed by atoms with van der Waals surface area (Å²) in [5.74, 6) is 0.859. The Morgan fingerprint density at radius 2 is 1.80 bits per heavy atom. The fraction of sp³-hybridized carbons (Fsp3) is 0.150. The second-order valence-electron chi connectivity index (χ2n) is 5.95. The smallest absolute Gasteiger partial charge is 0.114 e. The molecule has 3 heterocycles. The molecule has 5 nitrogen and oxygen atoms in total. The molecule has 2 aliphatic rings. The molecule has 0 bridgehead atoms. The number of hydrogen-bond acceptors (Lipinski definition) is 5. The Bertz CT molecular complexity index is 884. The van der Waals surface area contributed by atoms with Gasteiger partial charge in [0.2, 0.25) is 0 Å². The maximum Gasteiger partial charge on any atom is 0.114 e. The van der Waals surface area contributed by atoms with E-state index in [1.165, 1.54) is 0 Å². The van der Waals surface area contributed by atoms with Crippen LogP contribution in [0, 0.1) is 5.41 Å². The van der Waals surface area contributed by atoms with Gasteiger partial charge in [0, 0.05) is 12.4 Å². The Kier molecular flexibility index (Phi) is 3.90. The van der Waals surface area contributed by atoms with Gasteiger partial charge in [-0.15, -0.1) is 0 Å². The first-order valence-corrected chi connectivity index (χ1v) is 8.14. The van der Waals surface area contributed by atoms with Crippen LogP contribution in [0.4, 0.5) is 0 Å². The van der Waals surface area contributed by atoms with Crippen molar-refractivity contribution in [1.29, 1.82) is 0 Å². The number of rotatable bonds is 3. The van der Waals surface area contributed by atoms with Gasteiger partial charge < -0.3 is 4.74 Å². The molecule has 0 unspecified atom stereocenters. The Morgan fingerprint density at radius 3 is 2.40 bits per heavy atom. The first-order valence-electron chi connectivity index (χ1n) is 8.14. The van der Waals surface area contributed by atoms with E-state index in [1.54, 1.807) is 19.5 Å². The lowest BCUT2D eigenvalue weighted by Crippen LogP contribution is -2.35. The van der Waals surface area contributed by atoms with Crippen molar-refractivity contribution in [1.82, 2.24) is 15.4 Å². The molecular formula is C20H18N4O. The van der Waals surface area contributed by atoms with E-state index in [-0.39, 0.29) is 5.41 Å². The third-order valence-corrected chi connectivity index (χ3v) is 4.40. The molecule has 0 saturated carbocycles. The van der Waals surface area contributed by atoms with E-state index < -0.39 is 0 Å². The molecule has 0 amide bonds. The van der Waals surface area contributed by atoms with E-state index in [9.17, 15) is 0 Å². The molecule has 1 atom stereocenters. The van der Waals surface area contributed by atoms with Crippen molar-refractivity contribution in [2.75, 3.05) is 7.11 Å². The summed E-state index contributed by atoms with van der Waals surface area (Å²) >= 11 is 0. The summed E-state index contributed by atoms with van der Waals surface area (Å²) in [5, 5.41) is 4.66. The van der Waals surface area contributed by atoms with E-state index in [2.05, 4.69) is 38.7 Å². The van der Waals surface area contributed by atoms with Crippen LogP contribution >= 0.6 is 0 Å². The Morgan fingerprint density at radius 1 is 1.04 bits per heavy atom. The van der Waals surface area contributed by atoms with Crippen LogP contribution < -0.4 is 5.43 Å². The molecule has 0 saturated heterocycles. The minimum absolute atomic E-state index is 0.380. The zero-order valence-corrected chi connectivity index (χ0v) is 13.9. The highest BCUT2D eigenvalue weighted by Gasteiger charge is 2.37. The largest absolute Gasteiger partial charge is 0.497 e. The number of ether oxygens (including phenoxy) is 1. The molecular weight excluding hydrogens is 312 g/mol. The monoisotopic (exact) mass is 330 g/mol. The quantitative estimate of drug-likeness (QED) is 0.938. The van der Waals surface area contributed by atoms with E-state index >= 15 is 0 Å². The molecule has 0 radical (unpaired) electrons. The zero-order chi connectivity index (χ0) is 17.1. The van der Waals surface area contributed by atoms with E-state index in [0.717, 1.165) is 35.0 Å². The van der Waals surface area contributed by atoms with Crippen LogP contribution in [0.25, 0.3) is 5.70 Å². The lowest BCUT2D eigenvalue weighted by Gasteiger charge is -2.34. The second-order valence-corrected chi connectivity index (χ2v) is 5.95. The number of pyridine rings is 2. The van der Waals surface area contributed by atoms with Gasteiger partial charge in [0.15, 0.2) is 0 Å². The number of methoxy groups -OCH3 is 1. The Balaban J connectivity index is 1.79. The number of hydrazone groups is 1. The molecule has 1 spiro atoms. The number of nitrogens with one attached hydrogen (secondary N) is 1. The van der Waals surface area contributed by atoms with Gasteiger partial charge in [0.1, 0.15) is 11.5 Å². The van der Waals surface area contributed by atoms with Gasteiger partial charge in [-0.2, -0.15) is 5.10 Å². The summed E-state index contributed by atoms with van der Waals surface area (Å²) in [7, 11) is 1.68.